The standard InChI is InChI=1S/C10H14N2O4/c1-3-5-11-6-4-8(13)12(10(11)15)7-9(14)16-2/h4,6H,3,5,7H2,1-2H3. The number of carbonyl (C=O) groups excluding carboxylic acids is 1. The summed E-state index contributed by atoms with van der Waals surface area (Å²) >= 11 is 0. The van der Waals surface area contributed by atoms with Crippen molar-refractivity contribution in [1.29, 1.82) is 0 Å². The van der Waals surface area contributed by atoms with Crippen LogP contribution in [0.25, 0.3) is 0 Å². The second-order valence-corrected chi connectivity index (χ2v) is 3.29. The van der Waals surface area contributed by atoms with Crippen LogP contribution >= 0.6 is 0 Å². The van der Waals surface area contributed by atoms with E-state index in [4.69, 9.17) is 0 Å². The predicted molar refractivity (Wildman–Crippen MR) is 57.3 cm³/mol. The third-order valence-electron chi connectivity index (χ3n) is 2.12. The first-order chi connectivity index (χ1) is 7.60. The average molecular weight is 226 g/mol. The van der Waals surface area contributed by atoms with E-state index in [-0.39, 0.29) is 6.54 Å². The van der Waals surface area contributed by atoms with Crippen molar-refractivity contribution in [1.82, 2.24) is 9.13 Å². The molecule has 0 saturated heterocycles. The number of aryl methyl sites for hydroxylation is 1. The summed E-state index contributed by atoms with van der Waals surface area (Å²) in [6.07, 6.45) is 2.21. The van der Waals surface area contributed by atoms with Gasteiger partial charge in [0, 0.05) is 18.8 Å². The molecule has 16 heavy (non-hydrogen) atoms. The number of aromatic nitrogens is 2. The van der Waals surface area contributed by atoms with Gasteiger partial charge in [0.15, 0.2) is 0 Å². The van der Waals surface area contributed by atoms with Crippen LogP contribution in [0.1, 0.15) is 13.3 Å². The molecule has 0 aliphatic carbocycles. The van der Waals surface area contributed by atoms with Crippen molar-refractivity contribution in [3.05, 3.63) is 33.1 Å². The molecule has 0 unspecified atom stereocenters. The molecule has 1 aromatic rings. The molecule has 6 nitrogen and oxygen atoms in total. The summed E-state index contributed by atoms with van der Waals surface area (Å²) in [7, 11) is 1.21. The Morgan fingerprint density at radius 2 is 2.12 bits per heavy atom. The van der Waals surface area contributed by atoms with E-state index in [1.807, 2.05) is 6.92 Å². The molecule has 6 heteroatoms. The van der Waals surface area contributed by atoms with E-state index in [0.717, 1.165) is 11.0 Å². The maximum atomic E-state index is 11.7. The molecule has 0 fully saturated rings. The number of nitrogens with zero attached hydrogens (tertiary/aromatic N) is 2. The summed E-state index contributed by atoms with van der Waals surface area (Å²) in [5.41, 5.74) is -0.984. The Morgan fingerprint density at radius 1 is 1.44 bits per heavy atom. The number of carbonyl (C=O) groups is 1. The average Bonchev–Trinajstić information content (AvgIpc) is 2.28. The zero-order valence-electron chi connectivity index (χ0n) is 9.30. The van der Waals surface area contributed by atoms with E-state index in [1.54, 1.807) is 0 Å². The topological polar surface area (TPSA) is 70.3 Å². The van der Waals surface area contributed by atoms with Crippen LogP contribution in [0.3, 0.4) is 0 Å². The highest BCUT2D eigenvalue weighted by Gasteiger charge is 2.09. The lowest BCUT2D eigenvalue weighted by molar-refractivity contribution is -0.141. The van der Waals surface area contributed by atoms with Crippen molar-refractivity contribution in [2.24, 2.45) is 0 Å². The molecule has 1 heterocycles. The Kier molecular flexibility index (Phi) is 4.04. The zero-order chi connectivity index (χ0) is 12.1. The largest absolute Gasteiger partial charge is 0.468 e. The number of rotatable bonds is 4. The van der Waals surface area contributed by atoms with Crippen molar-refractivity contribution in [2.75, 3.05) is 7.11 Å². The van der Waals surface area contributed by atoms with Gasteiger partial charge in [-0.25, -0.2) is 9.36 Å². The fourth-order valence-electron chi connectivity index (χ4n) is 1.31. The smallest absolute Gasteiger partial charge is 0.331 e. The van der Waals surface area contributed by atoms with Crippen molar-refractivity contribution in [3.63, 3.8) is 0 Å². The van der Waals surface area contributed by atoms with Gasteiger partial charge < -0.3 is 9.30 Å². The molecule has 0 saturated carbocycles. The highest BCUT2D eigenvalue weighted by molar-refractivity contribution is 5.68. The molecule has 1 aromatic heterocycles. The number of esters is 1. The lowest BCUT2D eigenvalue weighted by atomic mass is 10.4. The molecular weight excluding hydrogens is 212 g/mol. The number of ether oxygens (including phenoxy) is 1. The normalized spacial score (nSPS) is 10.1. The van der Waals surface area contributed by atoms with E-state index in [9.17, 15) is 14.4 Å². The molecule has 0 spiro atoms. The predicted octanol–water partition coefficient (Wildman–Crippen LogP) is -0.407. The molecule has 0 atom stereocenters. The van der Waals surface area contributed by atoms with Gasteiger partial charge in [0.1, 0.15) is 6.54 Å². The van der Waals surface area contributed by atoms with Crippen LogP contribution in [0.2, 0.25) is 0 Å². The van der Waals surface area contributed by atoms with Crippen LogP contribution in [0.15, 0.2) is 21.9 Å². The Balaban J connectivity index is 3.16. The fraction of sp³-hybridized carbons (Fsp3) is 0.500. The van der Waals surface area contributed by atoms with Gasteiger partial charge in [-0.2, -0.15) is 0 Å². The summed E-state index contributed by atoms with van der Waals surface area (Å²) in [6, 6.07) is 1.26. The molecule has 88 valence electrons. The lowest BCUT2D eigenvalue weighted by Crippen LogP contribution is -2.40. The van der Waals surface area contributed by atoms with Gasteiger partial charge in [-0.15, -0.1) is 0 Å². The van der Waals surface area contributed by atoms with E-state index in [2.05, 4.69) is 4.74 Å². The lowest BCUT2D eigenvalue weighted by Gasteiger charge is -2.07. The molecule has 0 bridgehead atoms. The van der Waals surface area contributed by atoms with Gasteiger partial charge in [0.05, 0.1) is 7.11 Å². The fourth-order valence-corrected chi connectivity index (χ4v) is 1.31. The number of methoxy groups -OCH3 is 1. The molecule has 0 aliphatic rings. The Hall–Kier alpha value is -1.85. The second-order valence-electron chi connectivity index (χ2n) is 3.29. The highest BCUT2D eigenvalue weighted by Crippen LogP contribution is 1.85. The number of hydrogen-bond donors (Lipinski definition) is 0. The van der Waals surface area contributed by atoms with Gasteiger partial charge in [0.25, 0.3) is 5.56 Å². The third kappa shape index (κ3) is 2.59. The first-order valence-corrected chi connectivity index (χ1v) is 4.97. The van der Waals surface area contributed by atoms with Gasteiger partial charge in [-0.3, -0.25) is 9.59 Å². The minimum Gasteiger partial charge on any atom is -0.468 e. The monoisotopic (exact) mass is 226 g/mol. The molecule has 0 aliphatic heterocycles. The Bertz CT molecular complexity index is 486. The Labute approximate surface area is 92.1 Å². The van der Waals surface area contributed by atoms with Crippen molar-refractivity contribution in [3.8, 4) is 0 Å². The van der Waals surface area contributed by atoms with Crippen LogP contribution in [0, 0.1) is 0 Å². The van der Waals surface area contributed by atoms with E-state index in [0.29, 0.717) is 6.54 Å². The SMILES string of the molecule is CCCn1ccc(=O)n(CC(=O)OC)c1=O. The van der Waals surface area contributed by atoms with Gasteiger partial charge in [0.2, 0.25) is 0 Å². The van der Waals surface area contributed by atoms with Crippen LogP contribution in [-0.2, 0) is 22.6 Å². The summed E-state index contributed by atoms with van der Waals surface area (Å²) in [5, 5.41) is 0. The van der Waals surface area contributed by atoms with Crippen molar-refractivity contribution in [2.45, 2.75) is 26.4 Å². The van der Waals surface area contributed by atoms with E-state index < -0.39 is 17.2 Å². The maximum Gasteiger partial charge on any atom is 0.331 e. The summed E-state index contributed by atoms with van der Waals surface area (Å²) in [4.78, 5) is 34.2. The van der Waals surface area contributed by atoms with Crippen LogP contribution in [0.4, 0.5) is 0 Å². The second kappa shape index (κ2) is 5.29. The maximum absolute atomic E-state index is 11.7. The summed E-state index contributed by atoms with van der Waals surface area (Å²) in [5.74, 6) is -0.617. The highest BCUT2D eigenvalue weighted by atomic mass is 16.5. The summed E-state index contributed by atoms with van der Waals surface area (Å²) < 4.78 is 6.67. The van der Waals surface area contributed by atoms with Crippen LogP contribution in [0.5, 0.6) is 0 Å². The minimum absolute atomic E-state index is 0.348. The molecule has 1 rings (SSSR count). The molecule has 0 N–H and O–H groups in total. The van der Waals surface area contributed by atoms with Gasteiger partial charge in [-0.05, 0) is 6.42 Å². The first-order valence-electron chi connectivity index (χ1n) is 4.97. The minimum atomic E-state index is -0.617. The van der Waals surface area contributed by atoms with Crippen LogP contribution < -0.4 is 11.2 Å². The third-order valence-corrected chi connectivity index (χ3v) is 2.12. The zero-order valence-corrected chi connectivity index (χ0v) is 9.30. The summed E-state index contributed by atoms with van der Waals surface area (Å²) in [6.45, 7) is 2.08. The molecular formula is C10H14N2O4. The first kappa shape index (κ1) is 12.2. The molecule has 0 radical (unpaired) electrons. The molecule has 0 aromatic carbocycles. The number of hydrogen-bond acceptors (Lipinski definition) is 4. The van der Waals surface area contributed by atoms with Gasteiger partial charge >= 0.3 is 11.7 Å². The van der Waals surface area contributed by atoms with Crippen molar-refractivity contribution >= 4 is 5.97 Å². The van der Waals surface area contributed by atoms with Gasteiger partial charge in [-0.1, -0.05) is 6.92 Å². The van der Waals surface area contributed by atoms with Crippen LogP contribution in [-0.4, -0.2) is 22.2 Å². The van der Waals surface area contributed by atoms with E-state index >= 15 is 0 Å². The molecule has 0 amide bonds. The quantitative estimate of drug-likeness (QED) is 0.654. The Morgan fingerprint density at radius 3 is 2.69 bits per heavy atom. The van der Waals surface area contributed by atoms with E-state index in [1.165, 1.54) is 23.9 Å². The van der Waals surface area contributed by atoms with Crippen molar-refractivity contribution < 1.29 is 9.53 Å².